The van der Waals surface area contributed by atoms with Crippen LogP contribution in [0.1, 0.15) is 11.1 Å². The van der Waals surface area contributed by atoms with Gasteiger partial charge in [-0.1, -0.05) is 121 Å². The normalized spacial score (nSPS) is 12.6. The van der Waals surface area contributed by atoms with Gasteiger partial charge in [0.25, 0.3) is 0 Å². The smallest absolute Gasteiger partial charge is 0.0991 e. The van der Waals surface area contributed by atoms with Crippen molar-refractivity contribution in [3.05, 3.63) is 242 Å². The Hall–Kier alpha value is -11.6. The van der Waals surface area contributed by atoms with Crippen LogP contribution >= 0.6 is 0 Å². The van der Waals surface area contributed by atoms with Crippen LogP contribution in [0.15, 0.2) is 231 Å². The first-order valence-electron chi connectivity index (χ1n) is 27.8. The zero-order valence-corrected chi connectivity index (χ0v) is 43.5. The molecule has 8 nitrogen and oxygen atoms in total. The molecule has 20 aromatic rings. The van der Waals surface area contributed by atoms with Gasteiger partial charge in [-0.3, -0.25) is 0 Å². The molecule has 0 saturated carbocycles. The Labute approximate surface area is 463 Å². The van der Waals surface area contributed by atoms with Crippen LogP contribution in [0.4, 0.5) is 0 Å². The Bertz CT molecular complexity index is 6530. The molecule has 0 aliphatic carbocycles. The fourth-order valence-corrected chi connectivity index (χ4v) is 15.3. The lowest BCUT2D eigenvalue weighted by Gasteiger charge is -2.10. The Kier molecular flexibility index (Phi) is 7.64. The van der Waals surface area contributed by atoms with Gasteiger partial charge >= 0.3 is 0 Å². The van der Waals surface area contributed by atoms with Gasteiger partial charge in [0.2, 0.25) is 0 Å². The summed E-state index contributed by atoms with van der Waals surface area (Å²) in [5.74, 6) is 0. The van der Waals surface area contributed by atoms with Crippen molar-refractivity contribution < 1.29 is 0 Å². The van der Waals surface area contributed by atoms with Crippen molar-refractivity contribution in [2.45, 2.75) is 0 Å². The number of rotatable bonds is 1. The van der Waals surface area contributed by atoms with Crippen LogP contribution < -0.4 is 0 Å². The third-order valence-electron chi connectivity index (χ3n) is 18.4. The van der Waals surface area contributed by atoms with E-state index in [1.807, 2.05) is 12.1 Å². The number of hydrogen-bond donors (Lipinski definition) is 0. The summed E-state index contributed by atoms with van der Waals surface area (Å²) in [5, 5.41) is 34.2. The first kappa shape index (κ1) is 42.4. The highest BCUT2D eigenvalue weighted by Crippen LogP contribution is 2.49. The lowest BCUT2D eigenvalue weighted by Crippen LogP contribution is -1.91. The van der Waals surface area contributed by atoms with Gasteiger partial charge in [-0.05, 0) is 120 Å². The summed E-state index contributed by atoms with van der Waals surface area (Å²) >= 11 is 0. The van der Waals surface area contributed by atoms with Crippen molar-refractivity contribution in [1.29, 1.82) is 10.5 Å². The van der Waals surface area contributed by atoms with Crippen LogP contribution in [-0.2, 0) is 0 Å². The molecule has 8 heterocycles. The molecular formula is C74H38N8. The van der Waals surface area contributed by atoms with Crippen molar-refractivity contribution in [2.24, 2.45) is 0 Å². The summed E-state index contributed by atoms with van der Waals surface area (Å²) in [6.45, 7) is 0. The maximum Gasteiger partial charge on any atom is 0.0991 e. The highest BCUT2D eigenvalue weighted by atomic mass is 15.0. The van der Waals surface area contributed by atoms with E-state index >= 15 is 0 Å². The third-order valence-corrected chi connectivity index (χ3v) is 18.4. The predicted octanol–water partition coefficient (Wildman–Crippen LogP) is 18.5. The SMILES string of the molecule is N#Cc1ccc2c(c1)c1cccc3c1n2c1ccccc1n1c2ccccc2c2cc(-c4ccc5c(c4)c4cccc6c4n5c4ccccc4n4c5ccc(C#N)cc5c5ccc7c8ccccc8n6c7c54)c4c5ccccc5n3c4c21. The second kappa shape index (κ2) is 14.8. The standard InChI is InChI=1S/C74H38N8/c75-39-41-27-32-59-52(35-41)46-16-11-26-67-69(46)77(59)62-21-7-9-23-64(62)79-57-19-5-2-14-45(57)55-38-51(68-50-15-3-6-20-58(50)82(67)74(68)73(55)79)43-29-34-61-54(37-43)47-17-12-25-66-70(47)78(61)63-22-8-10-24-65(63)80-60-33-28-42(40-76)36-53(60)49-31-30-48-44-13-1-4-18-56(44)81(66)71(48)72(49)80/h1-38H. The predicted molar refractivity (Wildman–Crippen MR) is 337 cm³/mol. The summed E-state index contributed by atoms with van der Waals surface area (Å²) in [6.07, 6.45) is 0. The van der Waals surface area contributed by atoms with Gasteiger partial charge in [-0.25, -0.2) is 0 Å². The first-order valence-corrected chi connectivity index (χ1v) is 27.8. The van der Waals surface area contributed by atoms with E-state index in [-0.39, 0.29) is 0 Å². The molecule has 0 aliphatic heterocycles. The topological polar surface area (TPSA) is 74.0 Å². The van der Waals surface area contributed by atoms with E-state index in [1.54, 1.807) is 0 Å². The Morgan fingerprint density at radius 1 is 0.220 bits per heavy atom. The lowest BCUT2D eigenvalue weighted by molar-refractivity contribution is 1.30. The van der Waals surface area contributed by atoms with E-state index in [2.05, 4.69) is 257 Å². The van der Waals surface area contributed by atoms with Gasteiger partial charge in [-0.2, -0.15) is 10.5 Å². The van der Waals surface area contributed by atoms with Crippen molar-refractivity contribution >= 4 is 164 Å². The van der Waals surface area contributed by atoms with E-state index in [0.717, 1.165) is 143 Å². The Morgan fingerprint density at radius 2 is 0.561 bits per heavy atom. The fraction of sp³-hybridized carbons (Fsp3) is 0. The Balaban J connectivity index is 1.01. The second-order valence-corrected chi connectivity index (χ2v) is 22.2. The summed E-state index contributed by atoms with van der Waals surface area (Å²) in [5.41, 5.74) is 23.3. The van der Waals surface area contributed by atoms with Crippen LogP contribution in [0.25, 0.3) is 175 Å². The molecule has 0 fully saturated rings. The molecule has 0 spiro atoms. The molecule has 8 aromatic heterocycles. The molecule has 20 rings (SSSR count). The Morgan fingerprint density at radius 3 is 1.09 bits per heavy atom. The second-order valence-electron chi connectivity index (χ2n) is 22.2. The van der Waals surface area contributed by atoms with Gasteiger partial charge in [0, 0.05) is 64.6 Å². The minimum absolute atomic E-state index is 0.635. The monoisotopic (exact) mass is 1040 g/mol. The van der Waals surface area contributed by atoms with Crippen LogP contribution in [0, 0.1) is 22.7 Å². The van der Waals surface area contributed by atoms with E-state index in [0.29, 0.717) is 11.1 Å². The minimum atomic E-state index is 0.635. The van der Waals surface area contributed by atoms with E-state index in [4.69, 9.17) is 0 Å². The maximum atomic E-state index is 10.3. The lowest BCUT2D eigenvalue weighted by atomic mass is 9.95. The average molecular weight is 1040 g/mol. The molecule has 374 valence electrons. The zero-order valence-electron chi connectivity index (χ0n) is 43.5. The summed E-state index contributed by atoms with van der Waals surface area (Å²) in [7, 11) is 0. The molecule has 0 atom stereocenters. The van der Waals surface area contributed by atoms with Crippen molar-refractivity contribution in [1.82, 2.24) is 26.4 Å². The number of para-hydroxylation sites is 9. The van der Waals surface area contributed by atoms with E-state index in [1.165, 1.54) is 32.3 Å². The number of nitriles is 2. The molecule has 0 radical (unpaired) electrons. The van der Waals surface area contributed by atoms with Crippen LogP contribution in [0.3, 0.4) is 0 Å². The minimum Gasteiger partial charge on any atom is -0.305 e. The van der Waals surface area contributed by atoms with Crippen LogP contribution in [-0.4, -0.2) is 26.4 Å². The highest BCUT2D eigenvalue weighted by Gasteiger charge is 2.27. The van der Waals surface area contributed by atoms with Crippen LogP contribution in [0.2, 0.25) is 0 Å². The number of aromatic nitrogens is 6. The van der Waals surface area contributed by atoms with Gasteiger partial charge < -0.3 is 26.4 Å². The molecule has 0 N–H and O–H groups in total. The number of hydrogen-bond acceptors (Lipinski definition) is 2. The average Bonchev–Trinajstić information content (AvgIpc) is 2.24. The van der Waals surface area contributed by atoms with Gasteiger partial charge in [-0.15, -0.1) is 0 Å². The maximum absolute atomic E-state index is 10.3. The van der Waals surface area contributed by atoms with Crippen molar-refractivity contribution in [3.63, 3.8) is 0 Å². The molecule has 0 aliphatic rings. The van der Waals surface area contributed by atoms with Gasteiger partial charge in [0.1, 0.15) is 0 Å². The molecule has 0 bridgehead atoms. The summed E-state index contributed by atoms with van der Waals surface area (Å²) in [4.78, 5) is 0. The quantitative estimate of drug-likeness (QED) is 0.164. The summed E-state index contributed by atoms with van der Waals surface area (Å²) < 4.78 is 15.0. The zero-order chi connectivity index (χ0) is 53.4. The summed E-state index contributed by atoms with van der Waals surface area (Å²) in [6, 6.07) is 89.2. The fourth-order valence-electron chi connectivity index (χ4n) is 15.3. The molecule has 82 heavy (non-hydrogen) atoms. The van der Waals surface area contributed by atoms with Crippen LogP contribution in [0.5, 0.6) is 0 Å². The molecule has 12 aromatic carbocycles. The third kappa shape index (κ3) is 4.92. The number of nitrogens with zero attached hydrogens (tertiary/aromatic N) is 8. The number of benzene rings is 12. The molecule has 0 amide bonds. The van der Waals surface area contributed by atoms with Crippen molar-refractivity contribution in [2.75, 3.05) is 0 Å². The molecule has 0 unspecified atom stereocenters. The van der Waals surface area contributed by atoms with Gasteiger partial charge in [0.05, 0.1) is 123 Å². The highest BCUT2D eigenvalue weighted by molar-refractivity contribution is 6.31. The van der Waals surface area contributed by atoms with Crippen molar-refractivity contribution in [3.8, 4) is 23.3 Å². The molecular weight excluding hydrogens is 1000 g/mol. The molecule has 8 heteroatoms. The number of fused-ring (bicyclic) bond motifs is 26. The van der Waals surface area contributed by atoms with Gasteiger partial charge in [0.15, 0.2) is 0 Å². The van der Waals surface area contributed by atoms with E-state index < -0.39 is 0 Å². The first-order chi connectivity index (χ1) is 40.6. The van der Waals surface area contributed by atoms with E-state index in [9.17, 15) is 10.5 Å². The molecule has 0 saturated heterocycles. The largest absolute Gasteiger partial charge is 0.305 e.